The van der Waals surface area contributed by atoms with Crippen LogP contribution in [0, 0.1) is 0 Å². The average Bonchev–Trinajstić information content (AvgIpc) is 2.97. The van der Waals surface area contributed by atoms with Crippen LogP contribution in [-0.2, 0) is 19.0 Å². The van der Waals surface area contributed by atoms with Crippen LogP contribution in [0.3, 0.4) is 0 Å². The van der Waals surface area contributed by atoms with Crippen LogP contribution in [0.4, 0.5) is 0 Å². The molecule has 0 aromatic heterocycles. The predicted molar refractivity (Wildman–Crippen MR) is 80.4 cm³/mol. The lowest BCUT2D eigenvalue weighted by Crippen LogP contribution is -2.40. The van der Waals surface area contributed by atoms with Crippen molar-refractivity contribution < 1.29 is 19.0 Å². The molecule has 1 aliphatic heterocycles. The minimum absolute atomic E-state index is 0.406. The van der Waals surface area contributed by atoms with E-state index in [9.17, 15) is 4.79 Å². The Hall–Kier alpha value is -1.97. The molecule has 4 nitrogen and oxygen atoms in total. The molecule has 2 rings (SSSR count). The van der Waals surface area contributed by atoms with Crippen molar-refractivity contribution in [1.82, 2.24) is 0 Å². The van der Waals surface area contributed by atoms with Gasteiger partial charge in [-0.05, 0) is 18.9 Å². The monoisotopic (exact) mass is 290 g/mol. The zero-order valence-electron chi connectivity index (χ0n) is 12.8. The molecule has 0 spiro atoms. The van der Waals surface area contributed by atoms with Gasteiger partial charge in [-0.2, -0.15) is 0 Å². The van der Waals surface area contributed by atoms with Crippen molar-refractivity contribution in [3.8, 4) is 0 Å². The number of hydrogen-bond donors (Lipinski definition) is 0. The summed E-state index contributed by atoms with van der Waals surface area (Å²) in [7, 11) is 2.90. The molecule has 0 aromatic rings. The Morgan fingerprint density at radius 2 is 2.29 bits per heavy atom. The van der Waals surface area contributed by atoms with Crippen molar-refractivity contribution in [1.29, 1.82) is 0 Å². The first-order chi connectivity index (χ1) is 10.2. The van der Waals surface area contributed by atoms with Gasteiger partial charge in [-0.25, -0.2) is 4.79 Å². The molecule has 0 N–H and O–H groups in total. The predicted octanol–water partition coefficient (Wildman–Crippen LogP) is 3.42. The number of allylic oxidation sites excluding steroid dienone is 3. The van der Waals surface area contributed by atoms with Gasteiger partial charge in [-0.15, -0.1) is 0 Å². The number of fused-ring (bicyclic) bond motifs is 1. The fourth-order valence-corrected chi connectivity index (χ4v) is 2.69. The van der Waals surface area contributed by atoms with Crippen LogP contribution >= 0.6 is 0 Å². The number of carbonyl (C=O) groups excluding carboxylic acids is 1. The summed E-state index contributed by atoms with van der Waals surface area (Å²) in [6.45, 7) is 2.12. The van der Waals surface area contributed by atoms with Crippen molar-refractivity contribution >= 4 is 5.97 Å². The normalized spacial score (nSPS) is 23.9. The molecular formula is C17H22O4. The van der Waals surface area contributed by atoms with Gasteiger partial charge in [0.25, 0.3) is 0 Å². The van der Waals surface area contributed by atoms with Crippen LogP contribution in [0.15, 0.2) is 47.5 Å². The highest BCUT2D eigenvalue weighted by Crippen LogP contribution is 2.42. The molecule has 0 bridgehead atoms. The SMILES string of the molecule is CCCCC1(/C(=C\OC)C(=O)OC)CC=C2C=CC=C2O1. The largest absolute Gasteiger partial charge is 0.504 e. The standard InChI is InChI=1S/C17H22O4/c1-4-5-10-17(14(12-19-2)16(18)20-3)11-9-13-7-6-8-15(13)21-17/h6-9,12H,4-5,10-11H2,1-3H3/b14-12-. The lowest BCUT2D eigenvalue weighted by molar-refractivity contribution is -0.139. The second-order valence-corrected chi connectivity index (χ2v) is 5.21. The summed E-state index contributed by atoms with van der Waals surface area (Å²) in [4.78, 5) is 12.2. The first-order valence-electron chi connectivity index (χ1n) is 7.26. The highest BCUT2D eigenvalue weighted by atomic mass is 16.5. The first-order valence-corrected chi connectivity index (χ1v) is 7.26. The maximum atomic E-state index is 12.2. The zero-order chi connectivity index (χ0) is 15.3. The molecule has 0 radical (unpaired) electrons. The second kappa shape index (κ2) is 6.66. The van der Waals surface area contributed by atoms with Crippen molar-refractivity contribution in [3.63, 3.8) is 0 Å². The summed E-state index contributed by atoms with van der Waals surface area (Å²) >= 11 is 0. The Balaban J connectivity index is 2.38. The molecule has 0 saturated heterocycles. The van der Waals surface area contributed by atoms with Gasteiger partial charge < -0.3 is 14.2 Å². The molecule has 21 heavy (non-hydrogen) atoms. The van der Waals surface area contributed by atoms with E-state index in [0.29, 0.717) is 12.0 Å². The van der Waals surface area contributed by atoms with Gasteiger partial charge >= 0.3 is 5.97 Å². The molecule has 4 heteroatoms. The van der Waals surface area contributed by atoms with Crippen LogP contribution in [0.2, 0.25) is 0 Å². The third-order valence-corrected chi connectivity index (χ3v) is 3.83. The first kappa shape index (κ1) is 15.4. The van der Waals surface area contributed by atoms with E-state index in [1.165, 1.54) is 20.5 Å². The Labute approximate surface area is 125 Å². The Morgan fingerprint density at radius 1 is 1.48 bits per heavy atom. The van der Waals surface area contributed by atoms with Gasteiger partial charge in [-0.1, -0.05) is 31.6 Å². The van der Waals surface area contributed by atoms with Crippen LogP contribution < -0.4 is 0 Å². The minimum Gasteiger partial charge on any atom is -0.504 e. The van der Waals surface area contributed by atoms with Gasteiger partial charge in [0.15, 0.2) is 0 Å². The van der Waals surface area contributed by atoms with Gasteiger partial charge in [0.05, 0.1) is 20.5 Å². The van der Waals surface area contributed by atoms with Gasteiger partial charge in [0, 0.05) is 12.0 Å². The summed E-state index contributed by atoms with van der Waals surface area (Å²) in [5.41, 5.74) is 0.799. The molecule has 1 atom stereocenters. The molecule has 114 valence electrons. The summed E-state index contributed by atoms with van der Waals surface area (Å²) in [6, 6.07) is 0. The van der Waals surface area contributed by atoms with Crippen LogP contribution in [0.1, 0.15) is 32.6 Å². The number of hydrogen-bond acceptors (Lipinski definition) is 4. The summed E-state index contributed by atoms with van der Waals surface area (Å²) in [5, 5.41) is 0. The molecule has 2 aliphatic rings. The third-order valence-electron chi connectivity index (χ3n) is 3.83. The maximum absolute atomic E-state index is 12.2. The number of methoxy groups -OCH3 is 2. The number of ether oxygens (including phenoxy) is 3. The Morgan fingerprint density at radius 3 is 2.95 bits per heavy atom. The molecule has 1 heterocycles. The van der Waals surface area contributed by atoms with Crippen molar-refractivity contribution in [2.75, 3.05) is 14.2 Å². The van der Waals surface area contributed by atoms with Crippen LogP contribution in [0.5, 0.6) is 0 Å². The molecule has 0 saturated carbocycles. The summed E-state index contributed by atoms with van der Waals surface area (Å²) in [5.74, 6) is 0.402. The highest BCUT2D eigenvalue weighted by molar-refractivity contribution is 5.90. The third kappa shape index (κ3) is 3.04. The molecule has 0 aromatic carbocycles. The molecule has 0 amide bonds. The molecule has 1 unspecified atom stereocenters. The lowest BCUT2D eigenvalue weighted by Gasteiger charge is -2.38. The van der Waals surface area contributed by atoms with Crippen LogP contribution in [-0.4, -0.2) is 25.8 Å². The van der Waals surface area contributed by atoms with E-state index in [1.54, 1.807) is 0 Å². The van der Waals surface area contributed by atoms with Gasteiger partial charge in [-0.3, -0.25) is 0 Å². The summed E-state index contributed by atoms with van der Waals surface area (Å²) in [6.07, 6.45) is 12.8. The minimum atomic E-state index is -0.708. The fraction of sp³-hybridized carbons (Fsp3) is 0.471. The van der Waals surface area contributed by atoms with E-state index in [4.69, 9.17) is 14.2 Å². The molecule has 1 aliphatic carbocycles. The Bertz CT molecular complexity index is 525. The number of carbonyl (C=O) groups is 1. The zero-order valence-corrected chi connectivity index (χ0v) is 12.8. The summed E-state index contributed by atoms with van der Waals surface area (Å²) < 4.78 is 16.2. The van der Waals surface area contributed by atoms with E-state index < -0.39 is 11.6 Å². The molecular weight excluding hydrogens is 268 g/mol. The van der Waals surface area contributed by atoms with Crippen LogP contribution in [0.25, 0.3) is 0 Å². The quantitative estimate of drug-likeness (QED) is 0.427. The average molecular weight is 290 g/mol. The smallest absolute Gasteiger partial charge is 0.340 e. The number of esters is 1. The Kier molecular flexibility index (Phi) is 4.89. The van der Waals surface area contributed by atoms with E-state index >= 15 is 0 Å². The lowest BCUT2D eigenvalue weighted by atomic mass is 9.83. The number of unbranched alkanes of at least 4 members (excludes halogenated alkanes) is 1. The van der Waals surface area contributed by atoms with Crippen molar-refractivity contribution in [2.24, 2.45) is 0 Å². The second-order valence-electron chi connectivity index (χ2n) is 5.21. The van der Waals surface area contributed by atoms with Crippen molar-refractivity contribution in [3.05, 3.63) is 47.5 Å². The van der Waals surface area contributed by atoms with Gasteiger partial charge in [0.1, 0.15) is 16.9 Å². The fourth-order valence-electron chi connectivity index (χ4n) is 2.69. The van der Waals surface area contributed by atoms with Gasteiger partial charge in [0.2, 0.25) is 0 Å². The highest BCUT2D eigenvalue weighted by Gasteiger charge is 2.43. The number of rotatable bonds is 6. The van der Waals surface area contributed by atoms with E-state index in [-0.39, 0.29) is 0 Å². The van der Waals surface area contributed by atoms with Crippen molar-refractivity contribution in [2.45, 2.75) is 38.2 Å². The molecule has 0 fully saturated rings. The maximum Gasteiger partial charge on any atom is 0.340 e. The van der Waals surface area contributed by atoms with E-state index in [0.717, 1.165) is 30.6 Å². The van der Waals surface area contributed by atoms with E-state index in [1.807, 2.05) is 18.2 Å². The van der Waals surface area contributed by atoms with E-state index in [2.05, 4.69) is 13.0 Å². The topological polar surface area (TPSA) is 44.8 Å².